The molecule has 2 saturated heterocycles. The first-order chi connectivity index (χ1) is 9.54. The maximum Gasteiger partial charge on any atom is 0.0380 e. The fourth-order valence-electron chi connectivity index (χ4n) is 3.84. The Bertz CT molecular complexity index is 461. The normalized spacial score (nSPS) is 27.4. The van der Waals surface area contributed by atoms with E-state index in [-0.39, 0.29) is 5.41 Å². The molecule has 2 nitrogen and oxygen atoms in total. The second-order valence-electron chi connectivity index (χ2n) is 7.49. The second-order valence-corrected chi connectivity index (χ2v) is 7.49. The van der Waals surface area contributed by atoms with Gasteiger partial charge in [0.15, 0.2) is 0 Å². The van der Waals surface area contributed by atoms with Crippen LogP contribution in [0.5, 0.6) is 0 Å². The number of piperidine rings is 1. The average Bonchev–Trinajstić information content (AvgIpc) is 2.85. The maximum atomic E-state index is 3.84. The Morgan fingerprint density at radius 1 is 1.10 bits per heavy atom. The van der Waals surface area contributed by atoms with Crippen molar-refractivity contribution in [1.29, 1.82) is 0 Å². The van der Waals surface area contributed by atoms with Crippen LogP contribution in [0, 0.1) is 0 Å². The first-order valence-electron chi connectivity index (χ1n) is 8.14. The third kappa shape index (κ3) is 2.85. The van der Waals surface area contributed by atoms with Crippen LogP contribution in [0.25, 0.3) is 0 Å². The molecule has 1 aromatic carbocycles. The average molecular weight is 272 g/mol. The van der Waals surface area contributed by atoms with Gasteiger partial charge in [-0.2, -0.15) is 0 Å². The summed E-state index contributed by atoms with van der Waals surface area (Å²) in [6, 6.07) is 10.3. The fourth-order valence-corrected chi connectivity index (χ4v) is 3.84. The summed E-state index contributed by atoms with van der Waals surface area (Å²) < 4.78 is 0. The molecule has 110 valence electrons. The van der Waals surface area contributed by atoms with Gasteiger partial charge in [-0.05, 0) is 49.3 Å². The summed E-state index contributed by atoms with van der Waals surface area (Å²) in [6.45, 7) is 9.50. The molecule has 2 fully saturated rings. The van der Waals surface area contributed by atoms with Crippen LogP contribution >= 0.6 is 0 Å². The number of nitrogens with zero attached hydrogens (tertiary/aromatic N) is 1. The Hall–Kier alpha value is -1.02. The lowest BCUT2D eigenvalue weighted by Crippen LogP contribution is -2.43. The largest absolute Gasteiger partial charge is 0.382 e. The Morgan fingerprint density at radius 2 is 1.90 bits per heavy atom. The molecular formula is C18H28N2. The Kier molecular flexibility index (Phi) is 3.76. The molecule has 1 aromatic rings. The number of hydrogen-bond donors (Lipinski definition) is 1. The van der Waals surface area contributed by atoms with Gasteiger partial charge >= 0.3 is 0 Å². The van der Waals surface area contributed by atoms with Crippen molar-refractivity contribution < 1.29 is 0 Å². The van der Waals surface area contributed by atoms with Gasteiger partial charge in [-0.15, -0.1) is 0 Å². The van der Waals surface area contributed by atoms with E-state index in [2.05, 4.69) is 55.3 Å². The maximum absolute atomic E-state index is 3.84. The van der Waals surface area contributed by atoms with Crippen molar-refractivity contribution >= 4 is 5.69 Å². The highest BCUT2D eigenvalue weighted by molar-refractivity contribution is 5.54. The predicted octanol–water partition coefficient (Wildman–Crippen LogP) is 4.02. The van der Waals surface area contributed by atoms with Gasteiger partial charge in [-0.1, -0.05) is 39.0 Å². The molecule has 20 heavy (non-hydrogen) atoms. The molecule has 1 N–H and O–H groups in total. The van der Waals surface area contributed by atoms with E-state index in [0.717, 1.165) is 6.04 Å². The standard InChI is InChI=1S/C18H28N2/c1-18(2,3)16-8-4-5-9-17(16)19-14-10-12-20-11-6-7-15(20)13-14/h4-5,8-9,14-15,19H,6-7,10-13H2,1-3H3. The fraction of sp³-hybridized carbons (Fsp3) is 0.667. The van der Waals surface area contributed by atoms with Gasteiger partial charge in [0.1, 0.15) is 0 Å². The summed E-state index contributed by atoms with van der Waals surface area (Å²) in [7, 11) is 0. The number of hydrogen-bond acceptors (Lipinski definition) is 2. The van der Waals surface area contributed by atoms with E-state index in [1.165, 1.54) is 50.0 Å². The number of fused-ring (bicyclic) bond motifs is 1. The van der Waals surface area contributed by atoms with E-state index < -0.39 is 0 Å². The van der Waals surface area contributed by atoms with Crippen LogP contribution < -0.4 is 5.32 Å². The first kappa shape index (κ1) is 13.9. The zero-order valence-corrected chi connectivity index (χ0v) is 13.2. The van der Waals surface area contributed by atoms with Crippen LogP contribution in [0.15, 0.2) is 24.3 Å². The van der Waals surface area contributed by atoms with Gasteiger partial charge in [-0.3, -0.25) is 0 Å². The third-order valence-electron chi connectivity index (χ3n) is 4.92. The minimum absolute atomic E-state index is 0.206. The van der Waals surface area contributed by atoms with Gasteiger partial charge in [0.05, 0.1) is 0 Å². The number of nitrogens with one attached hydrogen (secondary N) is 1. The van der Waals surface area contributed by atoms with E-state index in [4.69, 9.17) is 0 Å². The summed E-state index contributed by atoms with van der Waals surface area (Å²) in [5, 5.41) is 3.84. The molecule has 2 unspecified atom stereocenters. The van der Waals surface area contributed by atoms with Crippen molar-refractivity contribution in [2.24, 2.45) is 0 Å². The lowest BCUT2D eigenvalue weighted by Gasteiger charge is -2.36. The second kappa shape index (κ2) is 5.40. The van der Waals surface area contributed by atoms with E-state index in [1.54, 1.807) is 0 Å². The lowest BCUT2D eigenvalue weighted by molar-refractivity contribution is 0.188. The molecule has 0 saturated carbocycles. The summed E-state index contributed by atoms with van der Waals surface area (Å²) in [5.74, 6) is 0. The molecule has 0 aliphatic carbocycles. The Morgan fingerprint density at radius 3 is 2.70 bits per heavy atom. The zero-order chi connectivity index (χ0) is 14.2. The minimum atomic E-state index is 0.206. The smallest absolute Gasteiger partial charge is 0.0380 e. The van der Waals surface area contributed by atoms with Gasteiger partial charge in [-0.25, -0.2) is 0 Å². The summed E-state index contributed by atoms with van der Waals surface area (Å²) in [6.07, 6.45) is 5.41. The highest BCUT2D eigenvalue weighted by Gasteiger charge is 2.32. The molecule has 3 rings (SSSR count). The third-order valence-corrected chi connectivity index (χ3v) is 4.92. The summed E-state index contributed by atoms with van der Waals surface area (Å²) >= 11 is 0. The first-order valence-corrected chi connectivity index (χ1v) is 8.14. The van der Waals surface area contributed by atoms with Crippen molar-refractivity contribution in [3.63, 3.8) is 0 Å². The Balaban J connectivity index is 1.72. The van der Waals surface area contributed by atoms with E-state index in [9.17, 15) is 0 Å². The van der Waals surface area contributed by atoms with Crippen LogP contribution in [-0.2, 0) is 5.41 Å². The Labute approximate surface area is 123 Å². The lowest BCUT2D eigenvalue weighted by atomic mass is 9.85. The molecule has 2 heterocycles. The molecule has 2 atom stereocenters. The molecular weight excluding hydrogens is 244 g/mol. The SMILES string of the molecule is CC(C)(C)c1ccccc1NC1CCN2CCCC2C1. The van der Waals surface area contributed by atoms with Crippen LogP contribution in [-0.4, -0.2) is 30.1 Å². The quantitative estimate of drug-likeness (QED) is 0.874. The highest BCUT2D eigenvalue weighted by atomic mass is 15.2. The number of benzene rings is 1. The van der Waals surface area contributed by atoms with Crippen molar-refractivity contribution in [3.05, 3.63) is 29.8 Å². The summed E-state index contributed by atoms with van der Waals surface area (Å²) in [5.41, 5.74) is 2.99. The van der Waals surface area contributed by atoms with E-state index in [1.807, 2.05) is 0 Å². The monoisotopic (exact) mass is 272 g/mol. The van der Waals surface area contributed by atoms with E-state index >= 15 is 0 Å². The predicted molar refractivity (Wildman–Crippen MR) is 86.4 cm³/mol. The number of rotatable bonds is 2. The highest BCUT2D eigenvalue weighted by Crippen LogP contribution is 2.33. The number of para-hydroxylation sites is 1. The zero-order valence-electron chi connectivity index (χ0n) is 13.2. The summed E-state index contributed by atoms with van der Waals surface area (Å²) in [4.78, 5) is 2.69. The molecule has 0 spiro atoms. The van der Waals surface area contributed by atoms with Gasteiger partial charge in [0, 0.05) is 24.3 Å². The molecule has 2 aliphatic heterocycles. The topological polar surface area (TPSA) is 15.3 Å². The number of anilines is 1. The van der Waals surface area contributed by atoms with Gasteiger partial charge in [0.25, 0.3) is 0 Å². The molecule has 0 aromatic heterocycles. The van der Waals surface area contributed by atoms with Crippen molar-refractivity contribution in [2.45, 2.75) is 64.0 Å². The molecule has 2 aliphatic rings. The molecule has 2 heteroatoms. The van der Waals surface area contributed by atoms with Gasteiger partial charge < -0.3 is 10.2 Å². The minimum Gasteiger partial charge on any atom is -0.382 e. The van der Waals surface area contributed by atoms with E-state index in [0.29, 0.717) is 6.04 Å². The van der Waals surface area contributed by atoms with Crippen LogP contribution in [0.2, 0.25) is 0 Å². The van der Waals surface area contributed by atoms with Crippen LogP contribution in [0.3, 0.4) is 0 Å². The van der Waals surface area contributed by atoms with Crippen molar-refractivity contribution in [3.8, 4) is 0 Å². The molecule has 0 radical (unpaired) electrons. The molecule has 0 amide bonds. The van der Waals surface area contributed by atoms with Crippen molar-refractivity contribution in [2.75, 3.05) is 18.4 Å². The molecule has 0 bridgehead atoms. The van der Waals surface area contributed by atoms with Crippen LogP contribution in [0.1, 0.15) is 52.0 Å². The van der Waals surface area contributed by atoms with Crippen molar-refractivity contribution in [1.82, 2.24) is 4.90 Å². The van der Waals surface area contributed by atoms with Gasteiger partial charge in [0.2, 0.25) is 0 Å². The van der Waals surface area contributed by atoms with Crippen LogP contribution in [0.4, 0.5) is 5.69 Å².